The van der Waals surface area contributed by atoms with E-state index in [-0.39, 0.29) is 17.5 Å². The third kappa shape index (κ3) is 3.18. The second-order valence-corrected chi connectivity index (χ2v) is 9.58. The van der Waals surface area contributed by atoms with Crippen LogP contribution in [0.25, 0.3) is 0 Å². The number of hydrogen-bond donors (Lipinski definition) is 1. The molecule has 0 saturated heterocycles. The van der Waals surface area contributed by atoms with Crippen LogP contribution in [0.5, 0.6) is 0 Å². The average Bonchev–Trinajstić information content (AvgIpc) is 3.30. The zero-order valence-electron chi connectivity index (χ0n) is 15.6. The summed E-state index contributed by atoms with van der Waals surface area (Å²) in [5.41, 5.74) is 1.57. The quantitative estimate of drug-likeness (QED) is 0.333. The molecule has 1 unspecified atom stereocenters. The Kier molecular flexibility index (Phi) is 5.04. The maximum atomic E-state index is 13.7. The first-order valence-corrected chi connectivity index (χ1v) is 10.8. The van der Waals surface area contributed by atoms with Gasteiger partial charge in [0.25, 0.3) is 5.69 Å². The van der Waals surface area contributed by atoms with Gasteiger partial charge in [0, 0.05) is 28.6 Å². The number of benzene rings is 2. The standard InChI is InChI=1S/C21H19ClN2O4S/c1-13-2-6-16(7-3-13)23-20(25)21(15-5-4-14(12-15)19(21)22)29(28)18-10-8-17(9-11-18)24(26)27/h2-11,14-15,19H,12H2,1H3,(H,23,25)/t14-,15+,19+,21-,29?/m0/s1. The zero-order chi connectivity index (χ0) is 20.8. The highest BCUT2D eigenvalue weighted by Crippen LogP contribution is 2.54. The maximum Gasteiger partial charge on any atom is 0.269 e. The number of non-ortho nitro benzene ring substituents is 1. The molecule has 4 rings (SSSR count). The summed E-state index contributed by atoms with van der Waals surface area (Å²) in [6.45, 7) is 1.95. The van der Waals surface area contributed by atoms with Gasteiger partial charge >= 0.3 is 0 Å². The topological polar surface area (TPSA) is 89.3 Å². The van der Waals surface area contributed by atoms with Crippen LogP contribution in [0.4, 0.5) is 11.4 Å². The van der Waals surface area contributed by atoms with Gasteiger partial charge in [0.2, 0.25) is 5.91 Å². The number of nitrogens with zero attached hydrogens (tertiary/aromatic N) is 1. The van der Waals surface area contributed by atoms with Crippen molar-refractivity contribution in [3.8, 4) is 0 Å². The number of carbonyl (C=O) groups excluding carboxylic acids is 1. The summed E-state index contributed by atoms with van der Waals surface area (Å²) in [5.74, 6) is -0.696. The minimum absolute atomic E-state index is 0.0348. The van der Waals surface area contributed by atoms with Crippen LogP contribution in [0.15, 0.2) is 65.6 Å². The molecule has 2 aliphatic carbocycles. The van der Waals surface area contributed by atoms with Crippen LogP contribution >= 0.6 is 11.6 Å². The number of fused-ring (bicyclic) bond motifs is 2. The first-order valence-electron chi connectivity index (χ1n) is 9.21. The molecule has 0 heterocycles. The third-order valence-electron chi connectivity index (χ3n) is 5.69. The second kappa shape index (κ2) is 7.39. The molecule has 2 aromatic carbocycles. The summed E-state index contributed by atoms with van der Waals surface area (Å²) < 4.78 is 12.4. The van der Waals surface area contributed by atoms with E-state index in [4.69, 9.17) is 11.6 Å². The minimum atomic E-state index is -1.79. The van der Waals surface area contributed by atoms with Gasteiger partial charge in [-0.2, -0.15) is 0 Å². The van der Waals surface area contributed by atoms with Crippen LogP contribution in [0.2, 0.25) is 0 Å². The van der Waals surface area contributed by atoms with Crippen molar-refractivity contribution in [2.24, 2.45) is 11.8 Å². The van der Waals surface area contributed by atoms with Gasteiger partial charge in [0.05, 0.1) is 21.1 Å². The number of amides is 1. The SMILES string of the molecule is Cc1ccc(NC(=O)[C@]2(S(=O)c3ccc([N+](=O)[O-])cc3)[C@@H]3C=C[C@@H](C3)[C@H]2Cl)cc1. The number of allylic oxidation sites excluding steroid dienone is 2. The van der Waals surface area contributed by atoms with Crippen LogP contribution in [0.3, 0.4) is 0 Å². The molecular weight excluding hydrogens is 412 g/mol. The fraction of sp³-hybridized carbons (Fsp3) is 0.286. The van der Waals surface area contributed by atoms with E-state index in [0.717, 1.165) is 5.56 Å². The van der Waals surface area contributed by atoms with Gasteiger partial charge in [-0.1, -0.05) is 29.8 Å². The van der Waals surface area contributed by atoms with E-state index >= 15 is 0 Å². The lowest BCUT2D eigenvalue weighted by Gasteiger charge is -2.36. The summed E-state index contributed by atoms with van der Waals surface area (Å²) in [7, 11) is -1.79. The normalized spacial score (nSPS) is 28.3. The number of rotatable bonds is 5. The van der Waals surface area contributed by atoms with E-state index in [1.807, 2.05) is 31.2 Å². The van der Waals surface area contributed by atoms with Gasteiger partial charge in [0.1, 0.15) is 0 Å². The molecule has 0 aliphatic heterocycles. The fourth-order valence-electron chi connectivity index (χ4n) is 4.15. The molecule has 5 atom stereocenters. The van der Waals surface area contributed by atoms with Gasteiger partial charge in [-0.25, -0.2) is 0 Å². The van der Waals surface area contributed by atoms with E-state index in [2.05, 4.69) is 5.32 Å². The van der Waals surface area contributed by atoms with Crippen LogP contribution in [-0.4, -0.2) is 25.2 Å². The molecule has 150 valence electrons. The highest BCUT2D eigenvalue weighted by atomic mass is 35.5. The van der Waals surface area contributed by atoms with Gasteiger partial charge in [-0.3, -0.25) is 19.1 Å². The van der Waals surface area contributed by atoms with Crippen molar-refractivity contribution >= 4 is 39.7 Å². The summed E-state index contributed by atoms with van der Waals surface area (Å²) in [6, 6.07) is 12.8. The first-order chi connectivity index (χ1) is 13.8. The summed E-state index contributed by atoms with van der Waals surface area (Å²) in [6.07, 6.45) is 4.56. The highest BCUT2D eigenvalue weighted by Gasteiger charge is 2.64. The second-order valence-electron chi connectivity index (χ2n) is 7.43. The Balaban J connectivity index is 1.73. The number of alkyl halides is 1. The van der Waals surface area contributed by atoms with Gasteiger partial charge in [-0.05, 0) is 43.5 Å². The van der Waals surface area contributed by atoms with Crippen LogP contribution in [-0.2, 0) is 15.6 Å². The maximum absolute atomic E-state index is 13.7. The molecule has 8 heteroatoms. The van der Waals surface area contributed by atoms with Crippen molar-refractivity contribution in [1.29, 1.82) is 0 Å². The number of hydrogen-bond acceptors (Lipinski definition) is 4. The lowest BCUT2D eigenvalue weighted by atomic mass is 9.90. The minimum Gasteiger partial charge on any atom is -0.325 e. The first kappa shape index (κ1) is 19.8. The van der Waals surface area contributed by atoms with Crippen molar-refractivity contribution in [3.63, 3.8) is 0 Å². The monoisotopic (exact) mass is 430 g/mol. The molecule has 1 saturated carbocycles. The molecule has 2 bridgehead atoms. The van der Waals surface area contributed by atoms with E-state index in [1.54, 1.807) is 12.1 Å². The van der Waals surface area contributed by atoms with E-state index in [0.29, 0.717) is 17.0 Å². The van der Waals surface area contributed by atoms with Crippen molar-refractivity contribution in [3.05, 3.63) is 76.4 Å². The Morgan fingerprint density at radius 2 is 1.83 bits per heavy atom. The molecule has 0 radical (unpaired) electrons. The predicted molar refractivity (Wildman–Crippen MR) is 112 cm³/mol. The fourth-order valence-corrected chi connectivity index (χ4v) is 6.67. The lowest BCUT2D eigenvalue weighted by Crippen LogP contribution is -2.56. The Hall–Kier alpha value is -2.51. The predicted octanol–water partition coefficient (Wildman–Crippen LogP) is 4.20. The zero-order valence-corrected chi connectivity index (χ0v) is 17.2. The molecule has 6 nitrogen and oxygen atoms in total. The Morgan fingerprint density at radius 1 is 1.17 bits per heavy atom. The number of carbonyl (C=O) groups is 1. The van der Waals surface area contributed by atoms with Crippen molar-refractivity contribution < 1.29 is 13.9 Å². The Labute approximate surface area is 175 Å². The summed E-state index contributed by atoms with van der Waals surface area (Å²) in [4.78, 5) is 24.2. The molecule has 1 N–H and O–H groups in total. The summed E-state index contributed by atoms with van der Waals surface area (Å²) in [5, 5.41) is 13.2. The number of aryl methyl sites for hydroxylation is 1. The number of halogens is 1. The Morgan fingerprint density at radius 3 is 2.38 bits per heavy atom. The van der Waals surface area contributed by atoms with E-state index in [9.17, 15) is 19.1 Å². The molecule has 1 fully saturated rings. The average molecular weight is 431 g/mol. The smallest absolute Gasteiger partial charge is 0.269 e. The van der Waals surface area contributed by atoms with Gasteiger partial charge < -0.3 is 5.32 Å². The number of nitro benzene ring substituents is 1. The molecule has 2 aliphatic rings. The molecule has 1 amide bonds. The third-order valence-corrected chi connectivity index (χ3v) is 8.54. The van der Waals surface area contributed by atoms with Crippen molar-refractivity contribution in [2.75, 3.05) is 5.32 Å². The number of nitro groups is 1. The Bertz CT molecular complexity index is 1020. The highest BCUT2D eigenvalue weighted by molar-refractivity contribution is 7.87. The van der Waals surface area contributed by atoms with Crippen LogP contribution < -0.4 is 5.32 Å². The van der Waals surface area contributed by atoms with Crippen molar-refractivity contribution in [1.82, 2.24) is 0 Å². The van der Waals surface area contributed by atoms with E-state index in [1.165, 1.54) is 24.3 Å². The largest absolute Gasteiger partial charge is 0.325 e. The summed E-state index contributed by atoms with van der Waals surface area (Å²) >= 11 is 6.73. The van der Waals surface area contributed by atoms with Crippen LogP contribution in [0.1, 0.15) is 12.0 Å². The number of nitrogens with one attached hydrogen (secondary N) is 1. The van der Waals surface area contributed by atoms with Crippen molar-refractivity contribution in [2.45, 2.75) is 28.4 Å². The van der Waals surface area contributed by atoms with E-state index < -0.39 is 31.8 Å². The molecular formula is C21H19ClN2O4S. The van der Waals surface area contributed by atoms with Gasteiger partial charge in [-0.15, -0.1) is 11.6 Å². The lowest BCUT2D eigenvalue weighted by molar-refractivity contribution is -0.384. The molecule has 2 aromatic rings. The van der Waals surface area contributed by atoms with Crippen LogP contribution in [0, 0.1) is 28.9 Å². The molecule has 29 heavy (non-hydrogen) atoms. The number of anilines is 1. The molecule has 0 spiro atoms. The molecule has 0 aromatic heterocycles. The van der Waals surface area contributed by atoms with Gasteiger partial charge in [0.15, 0.2) is 4.75 Å².